The molecule has 0 aliphatic carbocycles. The highest BCUT2D eigenvalue weighted by Gasteiger charge is 2.25. The van der Waals surface area contributed by atoms with Crippen molar-refractivity contribution in [2.45, 2.75) is 27.2 Å². The van der Waals surface area contributed by atoms with E-state index in [0.29, 0.717) is 32.7 Å². The summed E-state index contributed by atoms with van der Waals surface area (Å²) in [4.78, 5) is 24.6. The first-order chi connectivity index (χ1) is 8.58. The first-order valence-corrected chi connectivity index (χ1v) is 6.37. The Kier molecular flexibility index (Phi) is 5.68. The van der Waals surface area contributed by atoms with Gasteiger partial charge in [-0.25, -0.2) is 9.59 Å². The number of ether oxygens (including phenoxy) is 2. The number of carbonyl (C=O) groups is 2. The number of piperidine rings is 1. The smallest absolute Gasteiger partial charge is 0.409 e. The van der Waals surface area contributed by atoms with Crippen LogP contribution in [0.5, 0.6) is 0 Å². The highest BCUT2D eigenvalue weighted by Crippen LogP contribution is 2.22. The van der Waals surface area contributed by atoms with Gasteiger partial charge in [-0.2, -0.15) is 0 Å². The molecule has 0 aromatic heterocycles. The Morgan fingerprint density at radius 2 is 2.00 bits per heavy atom. The summed E-state index contributed by atoms with van der Waals surface area (Å²) in [5.41, 5.74) is 1.04. The first-order valence-electron chi connectivity index (χ1n) is 6.37. The summed E-state index contributed by atoms with van der Waals surface area (Å²) in [5.74, 6) is -0.142. The molecule has 1 unspecified atom stereocenters. The minimum absolute atomic E-state index is 0.160. The molecule has 1 atom stereocenters. The van der Waals surface area contributed by atoms with E-state index in [1.165, 1.54) is 0 Å². The second-order valence-corrected chi connectivity index (χ2v) is 4.27. The van der Waals surface area contributed by atoms with E-state index in [1.54, 1.807) is 24.8 Å². The average Bonchev–Trinajstić information content (AvgIpc) is 2.32. The fourth-order valence-corrected chi connectivity index (χ4v) is 1.98. The zero-order chi connectivity index (χ0) is 13.5. The zero-order valence-electron chi connectivity index (χ0n) is 11.3. The molecule has 1 rings (SSSR count). The lowest BCUT2D eigenvalue weighted by Crippen LogP contribution is -2.40. The van der Waals surface area contributed by atoms with E-state index in [-0.39, 0.29) is 18.0 Å². The van der Waals surface area contributed by atoms with Crippen molar-refractivity contribution in [1.82, 2.24) is 4.90 Å². The van der Waals surface area contributed by atoms with E-state index in [0.717, 1.165) is 5.57 Å². The minimum atomic E-state index is -0.302. The maximum Gasteiger partial charge on any atom is 0.409 e. The van der Waals surface area contributed by atoms with Crippen LogP contribution in [0.4, 0.5) is 4.79 Å². The average molecular weight is 255 g/mol. The molecular formula is C13H21NO4. The summed E-state index contributed by atoms with van der Waals surface area (Å²) < 4.78 is 9.85. The second kappa shape index (κ2) is 7.03. The highest BCUT2D eigenvalue weighted by atomic mass is 16.6. The third-order valence-corrected chi connectivity index (χ3v) is 2.91. The number of likely N-dealkylation sites (tertiary alicyclic amines) is 1. The molecule has 1 aliphatic heterocycles. The third kappa shape index (κ3) is 4.05. The normalized spacial score (nSPS) is 21.8. The molecule has 0 radical (unpaired) electrons. The predicted octanol–water partition coefficient (Wildman–Crippen LogP) is 1.97. The van der Waals surface area contributed by atoms with Gasteiger partial charge in [-0.15, -0.1) is 0 Å². The van der Waals surface area contributed by atoms with Gasteiger partial charge in [0.15, 0.2) is 0 Å². The van der Waals surface area contributed by atoms with Crippen molar-refractivity contribution in [1.29, 1.82) is 0 Å². The van der Waals surface area contributed by atoms with Gasteiger partial charge in [-0.1, -0.05) is 12.5 Å². The van der Waals surface area contributed by atoms with Gasteiger partial charge >= 0.3 is 12.1 Å². The Bertz CT molecular complexity index is 338. The molecule has 5 nitrogen and oxygen atoms in total. The number of carbonyl (C=O) groups excluding carboxylic acids is 2. The maximum absolute atomic E-state index is 11.6. The summed E-state index contributed by atoms with van der Waals surface area (Å²) in [5, 5.41) is 0. The molecule has 0 aromatic rings. The van der Waals surface area contributed by atoms with Crippen molar-refractivity contribution in [3.63, 3.8) is 0 Å². The molecule has 18 heavy (non-hydrogen) atoms. The van der Waals surface area contributed by atoms with E-state index in [1.807, 2.05) is 6.92 Å². The number of amides is 1. The molecule has 0 spiro atoms. The van der Waals surface area contributed by atoms with E-state index < -0.39 is 0 Å². The first kappa shape index (κ1) is 14.5. The molecule has 0 bridgehead atoms. The zero-order valence-corrected chi connectivity index (χ0v) is 11.3. The van der Waals surface area contributed by atoms with Crippen LogP contribution in [0, 0.1) is 5.92 Å². The van der Waals surface area contributed by atoms with Gasteiger partial charge in [0, 0.05) is 19.2 Å². The number of rotatable bonds is 3. The van der Waals surface area contributed by atoms with Crippen LogP contribution in [0.1, 0.15) is 27.2 Å². The van der Waals surface area contributed by atoms with E-state index >= 15 is 0 Å². The Balaban J connectivity index is 2.56. The van der Waals surface area contributed by atoms with Crippen molar-refractivity contribution in [3.8, 4) is 0 Å². The molecular weight excluding hydrogens is 234 g/mol. The van der Waals surface area contributed by atoms with E-state index in [2.05, 4.69) is 0 Å². The molecule has 0 saturated carbocycles. The minimum Gasteiger partial charge on any atom is -0.463 e. The Hall–Kier alpha value is -1.52. The standard InChI is InChI=1S/C13H21NO4/c1-4-17-12(15)8-11-6-7-14(9-10(11)3)13(16)18-5-2/h8,10H,4-7,9H2,1-3H3. The summed E-state index contributed by atoms with van der Waals surface area (Å²) in [6, 6.07) is 0. The topological polar surface area (TPSA) is 55.8 Å². The molecule has 1 heterocycles. The van der Waals surface area contributed by atoms with Crippen LogP contribution in [0.15, 0.2) is 11.6 Å². The largest absolute Gasteiger partial charge is 0.463 e. The van der Waals surface area contributed by atoms with Crippen molar-refractivity contribution in [3.05, 3.63) is 11.6 Å². The summed E-state index contributed by atoms with van der Waals surface area (Å²) in [6.45, 7) is 7.51. The highest BCUT2D eigenvalue weighted by molar-refractivity contribution is 5.83. The van der Waals surface area contributed by atoms with Gasteiger partial charge in [0.1, 0.15) is 0 Å². The van der Waals surface area contributed by atoms with Crippen molar-refractivity contribution >= 4 is 12.1 Å². The predicted molar refractivity (Wildman–Crippen MR) is 67.1 cm³/mol. The Labute approximate surface area is 108 Å². The van der Waals surface area contributed by atoms with Gasteiger partial charge in [-0.05, 0) is 26.2 Å². The van der Waals surface area contributed by atoms with Crippen LogP contribution in [0.25, 0.3) is 0 Å². The summed E-state index contributed by atoms with van der Waals surface area (Å²) in [7, 11) is 0. The molecule has 1 fully saturated rings. The van der Waals surface area contributed by atoms with Crippen LogP contribution in [-0.2, 0) is 14.3 Å². The van der Waals surface area contributed by atoms with Gasteiger partial charge in [0.05, 0.1) is 13.2 Å². The van der Waals surface area contributed by atoms with Crippen LogP contribution in [0.2, 0.25) is 0 Å². The number of hydrogen-bond donors (Lipinski definition) is 0. The van der Waals surface area contributed by atoms with Crippen LogP contribution >= 0.6 is 0 Å². The molecule has 0 N–H and O–H groups in total. The van der Waals surface area contributed by atoms with Gasteiger partial charge in [0.25, 0.3) is 0 Å². The summed E-state index contributed by atoms with van der Waals surface area (Å²) >= 11 is 0. The second-order valence-electron chi connectivity index (χ2n) is 4.27. The third-order valence-electron chi connectivity index (χ3n) is 2.91. The molecule has 0 aromatic carbocycles. The molecule has 1 saturated heterocycles. The van der Waals surface area contributed by atoms with Crippen LogP contribution < -0.4 is 0 Å². The van der Waals surface area contributed by atoms with Crippen molar-refractivity contribution < 1.29 is 19.1 Å². The number of esters is 1. The van der Waals surface area contributed by atoms with E-state index in [4.69, 9.17) is 9.47 Å². The van der Waals surface area contributed by atoms with Crippen LogP contribution in [-0.4, -0.2) is 43.3 Å². The Morgan fingerprint density at radius 1 is 1.33 bits per heavy atom. The monoisotopic (exact) mass is 255 g/mol. The fraction of sp³-hybridized carbons (Fsp3) is 0.692. The number of hydrogen-bond acceptors (Lipinski definition) is 4. The molecule has 5 heteroatoms. The van der Waals surface area contributed by atoms with Gasteiger partial charge in [0.2, 0.25) is 0 Å². The molecule has 1 aliphatic rings. The lowest BCUT2D eigenvalue weighted by molar-refractivity contribution is -0.137. The Morgan fingerprint density at radius 3 is 2.56 bits per heavy atom. The van der Waals surface area contributed by atoms with Crippen molar-refractivity contribution in [2.75, 3.05) is 26.3 Å². The fourth-order valence-electron chi connectivity index (χ4n) is 1.98. The molecule has 1 amide bonds. The van der Waals surface area contributed by atoms with Gasteiger partial charge in [-0.3, -0.25) is 0 Å². The molecule has 102 valence electrons. The van der Waals surface area contributed by atoms with Crippen LogP contribution in [0.3, 0.4) is 0 Å². The summed E-state index contributed by atoms with van der Waals surface area (Å²) in [6.07, 6.45) is 1.97. The van der Waals surface area contributed by atoms with E-state index in [9.17, 15) is 9.59 Å². The maximum atomic E-state index is 11.6. The lowest BCUT2D eigenvalue weighted by atomic mass is 9.93. The van der Waals surface area contributed by atoms with Gasteiger partial charge < -0.3 is 14.4 Å². The lowest BCUT2D eigenvalue weighted by Gasteiger charge is -2.32. The quantitative estimate of drug-likeness (QED) is 0.571. The SMILES string of the molecule is CCOC(=O)C=C1CCN(C(=O)OCC)CC1C. The number of nitrogens with zero attached hydrogens (tertiary/aromatic N) is 1. The van der Waals surface area contributed by atoms with Crippen molar-refractivity contribution in [2.24, 2.45) is 5.92 Å².